The van der Waals surface area contributed by atoms with E-state index in [4.69, 9.17) is 5.73 Å². The molecule has 1 aromatic carbocycles. The van der Waals surface area contributed by atoms with Gasteiger partial charge in [0.15, 0.2) is 0 Å². The van der Waals surface area contributed by atoms with Gasteiger partial charge in [-0.3, -0.25) is 14.4 Å². The van der Waals surface area contributed by atoms with Gasteiger partial charge in [0.25, 0.3) is 0 Å². The van der Waals surface area contributed by atoms with Crippen molar-refractivity contribution >= 4 is 17.7 Å². The van der Waals surface area contributed by atoms with Gasteiger partial charge in [-0.15, -0.1) is 0 Å². The Labute approximate surface area is 111 Å². The number of rotatable bonds is 6. The SMILES string of the molecule is CC(=O)N[C@H](CC(=O)NCC(N)=O)c1ccccc1. The Hall–Kier alpha value is -2.37. The molecular formula is C13H17N3O3. The average molecular weight is 263 g/mol. The maximum Gasteiger partial charge on any atom is 0.236 e. The van der Waals surface area contributed by atoms with E-state index in [-0.39, 0.29) is 24.8 Å². The molecule has 0 heterocycles. The van der Waals surface area contributed by atoms with E-state index in [0.717, 1.165) is 5.56 Å². The third kappa shape index (κ3) is 5.67. The molecule has 0 aliphatic carbocycles. The predicted molar refractivity (Wildman–Crippen MR) is 69.8 cm³/mol. The minimum absolute atomic E-state index is 0.0525. The topological polar surface area (TPSA) is 101 Å². The molecule has 3 amide bonds. The Morgan fingerprint density at radius 1 is 1.21 bits per heavy atom. The number of amides is 3. The van der Waals surface area contributed by atoms with Crippen LogP contribution in [0.25, 0.3) is 0 Å². The van der Waals surface area contributed by atoms with Crippen LogP contribution in [0.4, 0.5) is 0 Å². The Morgan fingerprint density at radius 3 is 2.37 bits per heavy atom. The first kappa shape index (κ1) is 14.7. The monoisotopic (exact) mass is 263 g/mol. The molecule has 0 aliphatic rings. The lowest BCUT2D eigenvalue weighted by atomic mass is 10.0. The summed E-state index contributed by atoms with van der Waals surface area (Å²) in [6, 6.07) is 8.72. The molecule has 1 rings (SSSR count). The van der Waals surface area contributed by atoms with Gasteiger partial charge in [0.05, 0.1) is 19.0 Å². The van der Waals surface area contributed by atoms with Gasteiger partial charge in [-0.05, 0) is 5.56 Å². The summed E-state index contributed by atoms with van der Waals surface area (Å²) < 4.78 is 0. The highest BCUT2D eigenvalue weighted by atomic mass is 16.2. The van der Waals surface area contributed by atoms with Crippen molar-refractivity contribution < 1.29 is 14.4 Å². The van der Waals surface area contributed by atoms with E-state index in [2.05, 4.69) is 10.6 Å². The molecule has 0 bridgehead atoms. The van der Waals surface area contributed by atoms with Crippen LogP contribution in [0.5, 0.6) is 0 Å². The normalized spacial score (nSPS) is 11.4. The number of hydrogen-bond acceptors (Lipinski definition) is 3. The lowest BCUT2D eigenvalue weighted by molar-refractivity contribution is -0.125. The molecule has 0 radical (unpaired) electrons. The van der Waals surface area contributed by atoms with Gasteiger partial charge in [0.1, 0.15) is 0 Å². The summed E-state index contributed by atoms with van der Waals surface area (Å²) in [6.45, 7) is 1.18. The van der Waals surface area contributed by atoms with Crippen molar-refractivity contribution in [2.45, 2.75) is 19.4 Å². The van der Waals surface area contributed by atoms with Gasteiger partial charge < -0.3 is 16.4 Å². The maximum atomic E-state index is 11.6. The standard InChI is InChI=1S/C13H17N3O3/c1-9(17)16-11(10-5-3-2-4-6-10)7-13(19)15-8-12(14)18/h2-6,11H,7-8H2,1H3,(H2,14,18)(H,15,19)(H,16,17)/t11-/m1/s1. The van der Waals surface area contributed by atoms with Gasteiger partial charge >= 0.3 is 0 Å². The van der Waals surface area contributed by atoms with Crippen LogP contribution in [0.1, 0.15) is 24.9 Å². The molecular weight excluding hydrogens is 246 g/mol. The van der Waals surface area contributed by atoms with Crippen LogP contribution >= 0.6 is 0 Å². The highest BCUT2D eigenvalue weighted by molar-refractivity contribution is 5.84. The number of benzene rings is 1. The van der Waals surface area contributed by atoms with Gasteiger partial charge in [0.2, 0.25) is 17.7 Å². The fourth-order valence-corrected chi connectivity index (χ4v) is 1.63. The smallest absolute Gasteiger partial charge is 0.236 e. The first-order chi connectivity index (χ1) is 8.99. The van der Waals surface area contributed by atoms with Crippen LogP contribution in [0.3, 0.4) is 0 Å². The third-order valence-corrected chi connectivity index (χ3v) is 2.43. The predicted octanol–water partition coefficient (Wildman–Crippen LogP) is -0.145. The zero-order valence-corrected chi connectivity index (χ0v) is 10.7. The van der Waals surface area contributed by atoms with Crippen LogP contribution in [0, 0.1) is 0 Å². The zero-order valence-electron chi connectivity index (χ0n) is 10.7. The van der Waals surface area contributed by atoms with E-state index in [0.29, 0.717) is 0 Å². The van der Waals surface area contributed by atoms with Gasteiger partial charge in [0, 0.05) is 6.92 Å². The second-order valence-electron chi connectivity index (χ2n) is 4.11. The second kappa shape index (κ2) is 7.15. The molecule has 0 spiro atoms. The van der Waals surface area contributed by atoms with Crippen LogP contribution in [-0.2, 0) is 14.4 Å². The van der Waals surface area contributed by atoms with Crippen LogP contribution in [0.15, 0.2) is 30.3 Å². The highest BCUT2D eigenvalue weighted by Crippen LogP contribution is 2.16. The fourth-order valence-electron chi connectivity index (χ4n) is 1.63. The van der Waals surface area contributed by atoms with Crippen molar-refractivity contribution in [2.24, 2.45) is 5.73 Å². The maximum absolute atomic E-state index is 11.6. The molecule has 6 heteroatoms. The Balaban J connectivity index is 2.67. The Kier molecular flexibility index (Phi) is 5.53. The summed E-state index contributed by atoms with van der Waals surface area (Å²) in [4.78, 5) is 33.4. The van der Waals surface area contributed by atoms with Crippen LogP contribution in [0.2, 0.25) is 0 Å². The molecule has 102 valence electrons. The summed E-state index contributed by atoms with van der Waals surface area (Å²) in [5, 5.41) is 5.09. The molecule has 4 N–H and O–H groups in total. The van der Waals surface area contributed by atoms with Crippen molar-refractivity contribution in [3.63, 3.8) is 0 Å². The molecule has 0 fully saturated rings. The first-order valence-corrected chi connectivity index (χ1v) is 5.86. The van der Waals surface area contributed by atoms with E-state index < -0.39 is 11.9 Å². The molecule has 0 unspecified atom stereocenters. The summed E-state index contributed by atoms with van der Waals surface area (Å²) in [7, 11) is 0. The van der Waals surface area contributed by atoms with Gasteiger partial charge in [-0.25, -0.2) is 0 Å². The summed E-state index contributed by atoms with van der Waals surface area (Å²) in [5.74, 6) is -1.18. The number of primary amides is 1. The van der Waals surface area contributed by atoms with Crippen molar-refractivity contribution in [3.05, 3.63) is 35.9 Å². The summed E-state index contributed by atoms with van der Waals surface area (Å²) in [6.07, 6.45) is 0.0525. The number of hydrogen-bond donors (Lipinski definition) is 3. The third-order valence-electron chi connectivity index (χ3n) is 2.43. The molecule has 19 heavy (non-hydrogen) atoms. The molecule has 1 aromatic rings. The van der Waals surface area contributed by atoms with Gasteiger partial charge in [-0.2, -0.15) is 0 Å². The van der Waals surface area contributed by atoms with E-state index in [9.17, 15) is 14.4 Å². The van der Waals surface area contributed by atoms with E-state index in [1.807, 2.05) is 30.3 Å². The first-order valence-electron chi connectivity index (χ1n) is 5.86. The Morgan fingerprint density at radius 2 is 1.84 bits per heavy atom. The minimum Gasteiger partial charge on any atom is -0.368 e. The minimum atomic E-state index is -0.607. The quantitative estimate of drug-likeness (QED) is 0.665. The summed E-state index contributed by atoms with van der Waals surface area (Å²) in [5.41, 5.74) is 5.77. The zero-order chi connectivity index (χ0) is 14.3. The molecule has 0 aromatic heterocycles. The van der Waals surface area contributed by atoms with Crippen molar-refractivity contribution in [1.82, 2.24) is 10.6 Å². The Bertz CT molecular complexity index is 459. The molecule has 1 atom stereocenters. The van der Waals surface area contributed by atoms with Crippen molar-refractivity contribution in [3.8, 4) is 0 Å². The van der Waals surface area contributed by atoms with Crippen molar-refractivity contribution in [1.29, 1.82) is 0 Å². The van der Waals surface area contributed by atoms with E-state index in [1.165, 1.54) is 6.92 Å². The van der Waals surface area contributed by atoms with E-state index >= 15 is 0 Å². The summed E-state index contributed by atoms with van der Waals surface area (Å²) >= 11 is 0. The van der Waals surface area contributed by atoms with Crippen molar-refractivity contribution in [2.75, 3.05) is 6.54 Å². The molecule has 0 aliphatic heterocycles. The molecule has 6 nitrogen and oxygen atoms in total. The van der Waals surface area contributed by atoms with Crippen LogP contribution < -0.4 is 16.4 Å². The van der Waals surface area contributed by atoms with Gasteiger partial charge in [-0.1, -0.05) is 30.3 Å². The number of nitrogens with two attached hydrogens (primary N) is 1. The number of nitrogens with one attached hydrogen (secondary N) is 2. The molecule has 0 saturated heterocycles. The number of carbonyl (C=O) groups is 3. The lowest BCUT2D eigenvalue weighted by Crippen LogP contribution is -2.36. The van der Waals surface area contributed by atoms with E-state index in [1.54, 1.807) is 0 Å². The van der Waals surface area contributed by atoms with Crippen LogP contribution in [-0.4, -0.2) is 24.3 Å². The largest absolute Gasteiger partial charge is 0.368 e. The molecule has 0 saturated carbocycles. The highest BCUT2D eigenvalue weighted by Gasteiger charge is 2.16. The second-order valence-corrected chi connectivity index (χ2v) is 4.11. The fraction of sp³-hybridized carbons (Fsp3) is 0.308. The number of carbonyl (C=O) groups excluding carboxylic acids is 3. The average Bonchev–Trinajstić information content (AvgIpc) is 2.36. The lowest BCUT2D eigenvalue weighted by Gasteiger charge is -2.17.